The van der Waals surface area contributed by atoms with E-state index in [2.05, 4.69) is 12.2 Å². The predicted octanol–water partition coefficient (Wildman–Crippen LogP) is 6.72. The van der Waals surface area contributed by atoms with Crippen LogP contribution >= 0.6 is 11.3 Å². The first-order valence-corrected chi connectivity index (χ1v) is 13.5. The molecule has 0 fully saturated rings. The van der Waals surface area contributed by atoms with Crippen LogP contribution in [0.5, 0.6) is 17.2 Å². The Labute approximate surface area is 232 Å². The summed E-state index contributed by atoms with van der Waals surface area (Å²) in [7, 11) is 3.11. The van der Waals surface area contributed by atoms with Crippen LogP contribution in [-0.4, -0.2) is 39.3 Å². The number of carbonyl (C=O) groups is 2. The van der Waals surface area contributed by atoms with Gasteiger partial charge in [-0.3, -0.25) is 4.79 Å². The number of esters is 1. The van der Waals surface area contributed by atoms with Crippen molar-refractivity contribution in [2.45, 2.75) is 33.1 Å². The van der Waals surface area contributed by atoms with Gasteiger partial charge in [0.25, 0.3) is 5.91 Å². The van der Waals surface area contributed by atoms with Crippen molar-refractivity contribution in [2.24, 2.45) is 0 Å². The van der Waals surface area contributed by atoms with E-state index in [4.69, 9.17) is 18.9 Å². The lowest BCUT2D eigenvalue weighted by molar-refractivity contribution is -0.112. The molecule has 8 nitrogen and oxygen atoms in total. The van der Waals surface area contributed by atoms with Crippen LogP contribution < -0.4 is 19.5 Å². The van der Waals surface area contributed by atoms with E-state index in [1.807, 2.05) is 18.2 Å². The number of unbranched alkanes of at least 4 members (excludes halogenated alkanes) is 2. The number of nitrogens with zero attached hydrogens (tertiary/aromatic N) is 1. The monoisotopic (exact) mass is 548 g/mol. The van der Waals surface area contributed by atoms with E-state index in [0.29, 0.717) is 40.0 Å². The van der Waals surface area contributed by atoms with E-state index in [1.54, 1.807) is 49.7 Å². The van der Waals surface area contributed by atoms with Gasteiger partial charge < -0.3 is 24.3 Å². The number of anilines is 1. The first-order valence-electron chi connectivity index (χ1n) is 12.6. The highest BCUT2D eigenvalue weighted by atomic mass is 32.1. The summed E-state index contributed by atoms with van der Waals surface area (Å²) in [5.41, 5.74) is 2.05. The first kappa shape index (κ1) is 29.3. The van der Waals surface area contributed by atoms with Gasteiger partial charge in [0.2, 0.25) is 0 Å². The summed E-state index contributed by atoms with van der Waals surface area (Å²) in [6, 6.07) is 14.4. The molecule has 0 aliphatic heterocycles. The molecule has 0 unspecified atom stereocenters. The van der Waals surface area contributed by atoms with Crippen molar-refractivity contribution < 1.29 is 28.5 Å². The van der Waals surface area contributed by atoms with Crippen LogP contribution in [0.3, 0.4) is 0 Å². The lowest BCUT2D eigenvalue weighted by Gasteiger charge is -2.11. The summed E-state index contributed by atoms with van der Waals surface area (Å²) in [6.07, 6.45) is 4.57. The minimum atomic E-state index is -0.648. The minimum absolute atomic E-state index is 0.136. The molecular formula is C30H32N2O6S. The van der Waals surface area contributed by atoms with Gasteiger partial charge in [-0.2, -0.15) is 5.26 Å². The molecule has 1 aromatic heterocycles. The average Bonchev–Trinajstić information content (AvgIpc) is 3.37. The van der Waals surface area contributed by atoms with Gasteiger partial charge in [-0.25, -0.2) is 4.79 Å². The highest BCUT2D eigenvalue weighted by Crippen LogP contribution is 2.37. The molecule has 0 bridgehead atoms. The van der Waals surface area contributed by atoms with Crippen molar-refractivity contribution in [2.75, 3.05) is 32.8 Å². The number of hydrogen-bond acceptors (Lipinski definition) is 8. The van der Waals surface area contributed by atoms with Gasteiger partial charge in [-0.1, -0.05) is 38.0 Å². The molecular weight excluding hydrogens is 516 g/mol. The quantitative estimate of drug-likeness (QED) is 0.109. The third-order valence-electron chi connectivity index (χ3n) is 5.77. The molecule has 39 heavy (non-hydrogen) atoms. The summed E-state index contributed by atoms with van der Waals surface area (Å²) in [6.45, 7) is 4.59. The molecule has 0 radical (unpaired) electrons. The molecule has 0 spiro atoms. The van der Waals surface area contributed by atoms with Crippen LogP contribution in [0, 0.1) is 11.3 Å². The van der Waals surface area contributed by atoms with Gasteiger partial charge in [-0.05, 0) is 54.8 Å². The lowest BCUT2D eigenvalue weighted by atomic mass is 10.0. The zero-order valence-corrected chi connectivity index (χ0v) is 23.4. The SMILES string of the molecule is CCCCCOc1ccc(C=C(C#N)C(=O)Nc2scc(-c3ccc(OC)cc3)c2C(=O)OCC)cc1OC. The number of carbonyl (C=O) groups excluding carboxylic acids is 2. The van der Waals surface area contributed by atoms with E-state index in [1.165, 1.54) is 24.5 Å². The van der Waals surface area contributed by atoms with Crippen LogP contribution in [0.2, 0.25) is 0 Å². The third-order valence-corrected chi connectivity index (χ3v) is 6.66. The molecule has 1 heterocycles. The number of hydrogen-bond donors (Lipinski definition) is 1. The zero-order chi connectivity index (χ0) is 28.2. The van der Waals surface area contributed by atoms with Gasteiger partial charge in [0, 0.05) is 10.9 Å². The Balaban J connectivity index is 1.86. The molecule has 9 heteroatoms. The standard InChI is InChI=1S/C30H32N2O6S/c1-5-7-8-15-38-25-14-9-20(17-26(25)36-4)16-22(18-31)28(33)32-29-27(30(34)37-6-2)24(19-39-29)21-10-12-23(35-3)13-11-21/h9-14,16-17,19H,5-8,15H2,1-4H3,(H,32,33). The Bertz CT molecular complexity index is 1350. The average molecular weight is 549 g/mol. The molecule has 2 aromatic carbocycles. The van der Waals surface area contributed by atoms with Crippen molar-refractivity contribution in [1.82, 2.24) is 0 Å². The number of ether oxygens (including phenoxy) is 4. The number of nitrogens with one attached hydrogen (secondary N) is 1. The van der Waals surface area contributed by atoms with Gasteiger partial charge >= 0.3 is 5.97 Å². The molecule has 0 atom stereocenters. The zero-order valence-electron chi connectivity index (χ0n) is 22.5. The fourth-order valence-corrected chi connectivity index (χ4v) is 4.70. The summed E-state index contributed by atoms with van der Waals surface area (Å²) in [5, 5.41) is 14.5. The van der Waals surface area contributed by atoms with E-state index in [0.717, 1.165) is 24.8 Å². The molecule has 204 valence electrons. The second-order valence-corrected chi connectivity index (χ2v) is 9.27. The Morgan fingerprint density at radius 2 is 1.79 bits per heavy atom. The summed E-state index contributed by atoms with van der Waals surface area (Å²) < 4.78 is 21.7. The minimum Gasteiger partial charge on any atom is -0.497 e. The van der Waals surface area contributed by atoms with Gasteiger partial charge in [0.05, 0.1) is 27.4 Å². The van der Waals surface area contributed by atoms with Gasteiger partial charge in [-0.15, -0.1) is 11.3 Å². The van der Waals surface area contributed by atoms with Crippen LogP contribution in [-0.2, 0) is 9.53 Å². The van der Waals surface area contributed by atoms with E-state index in [9.17, 15) is 14.9 Å². The van der Waals surface area contributed by atoms with Crippen LogP contribution in [0.1, 0.15) is 49.0 Å². The predicted molar refractivity (Wildman–Crippen MR) is 152 cm³/mol. The molecule has 3 rings (SSSR count). The Hall–Kier alpha value is -4.29. The van der Waals surface area contributed by atoms with Crippen LogP contribution in [0.4, 0.5) is 5.00 Å². The number of methoxy groups -OCH3 is 2. The van der Waals surface area contributed by atoms with Crippen LogP contribution in [0.15, 0.2) is 53.4 Å². The van der Waals surface area contributed by atoms with Crippen molar-refractivity contribution in [1.29, 1.82) is 5.26 Å². The summed E-state index contributed by atoms with van der Waals surface area (Å²) in [4.78, 5) is 26.0. The molecule has 3 aromatic rings. The highest BCUT2D eigenvalue weighted by molar-refractivity contribution is 7.15. The van der Waals surface area contributed by atoms with E-state index in [-0.39, 0.29) is 17.7 Å². The molecule has 1 amide bonds. The van der Waals surface area contributed by atoms with Crippen molar-refractivity contribution in [3.05, 3.63) is 64.5 Å². The second-order valence-electron chi connectivity index (χ2n) is 8.39. The Kier molecular flexibility index (Phi) is 11.0. The Morgan fingerprint density at radius 3 is 2.44 bits per heavy atom. The van der Waals surface area contributed by atoms with Crippen molar-refractivity contribution in [3.8, 4) is 34.4 Å². The van der Waals surface area contributed by atoms with Gasteiger partial charge in [0.1, 0.15) is 28.0 Å². The topological polar surface area (TPSA) is 107 Å². The number of thiophene rings is 1. The number of benzene rings is 2. The summed E-state index contributed by atoms with van der Waals surface area (Å²) in [5.74, 6) is 0.561. The normalized spacial score (nSPS) is 10.9. The van der Waals surface area contributed by atoms with Gasteiger partial charge in [0.15, 0.2) is 11.5 Å². The Morgan fingerprint density at radius 1 is 1.03 bits per heavy atom. The number of nitriles is 1. The fraction of sp³-hybridized carbons (Fsp3) is 0.300. The largest absolute Gasteiger partial charge is 0.497 e. The lowest BCUT2D eigenvalue weighted by Crippen LogP contribution is -2.16. The first-order chi connectivity index (χ1) is 18.9. The molecule has 0 saturated carbocycles. The van der Waals surface area contributed by atoms with Crippen LogP contribution in [0.25, 0.3) is 17.2 Å². The fourth-order valence-electron chi connectivity index (χ4n) is 3.75. The summed E-state index contributed by atoms with van der Waals surface area (Å²) >= 11 is 1.18. The molecule has 0 aliphatic carbocycles. The highest BCUT2D eigenvalue weighted by Gasteiger charge is 2.24. The van der Waals surface area contributed by atoms with Crippen molar-refractivity contribution in [3.63, 3.8) is 0 Å². The number of amides is 1. The van der Waals surface area contributed by atoms with E-state index >= 15 is 0 Å². The third kappa shape index (κ3) is 7.62. The maximum Gasteiger partial charge on any atom is 0.341 e. The molecule has 1 N–H and O–H groups in total. The van der Waals surface area contributed by atoms with Crippen molar-refractivity contribution >= 4 is 34.3 Å². The smallest absolute Gasteiger partial charge is 0.341 e. The maximum atomic E-state index is 13.1. The number of rotatable bonds is 13. The molecule has 0 aliphatic rings. The molecule has 0 saturated heterocycles. The van der Waals surface area contributed by atoms with E-state index < -0.39 is 11.9 Å². The second kappa shape index (κ2) is 14.6. The maximum absolute atomic E-state index is 13.1.